The molecule has 10 N–H and O–H groups in total. The van der Waals surface area contributed by atoms with E-state index < -0.39 is 91.2 Å². The van der Waals surface area contributed by atoms with Crippen LogP contribution in [0.2, 0.25) is 0 Å². The number of rotatable bonds is 19. The van der Waals surface area contributed by atoms with Crippen LogP contribution in [-0.4, -0.2) is 118 Å². The molecule has 0 bridgehead atoms. The van der Waals surface area contributed by atoms with Crippen molar-refractivity contribution in [3.8, 4) is 0 Å². The van der Waals surface area contributed by atoms with E-state index >= 15 is 0 Å². The molecule has 17 heteroatoms. The van der Waals surface area contributed by atoms with E-state index in [4.69, 9.17) is 20.7 Å². The fourth-order valence-corrected chi connectivity index (χ4v) is 3.14. The van der Waals surface area contributed by atoms with E-state index in [1.54, 1.807) is 0 Å². The molecule has 0 spiro atoms. The maximum Gasteiger partial charge on any atom is 0.325 e. The number of ether oxygens (including phenoxy) is 1. The van der Waals surface area contributed by atoms with E-state index in [1.165, 1.54) is 13.8 Å². The summed E-state index contributed by atoms with van der Waals surface area (Å²) < 4.78 is 5.23. The second-order valence-electron chi connectivity index (χ2n) is 8.54. The number of carboxylic acids is 1. The highest BCUT2D eigenvalue weighted by atomic mass is 16.5. The number of primary amides is 1. The largest absolute Gasteiger partial charge is 0.480 e. The fourth-order valence-electron chi connectivity index (χ4n) is 3.14. The molecule has 222 valence electrons. The third kappa shape index (κ3) is 13.1. The Balaban J connectivity index is 5.22. The van der Waals surface area contributed by atoms with Gasteiger partial charge in [-0.3, -0.25) is 28.8 Å². The van der Waals surface area contributed by atoms with E-state index in [-0.39, 0.29) is 25.5 Å². The number of aldehydes is 1. The Morgan fingerprint density at radius 3 is 2.05 bits per heavy atom. The Morgan fingerprint density at radius 2 is 1.59 bits per heavy atom. The summed E-state index contributed by atoms with van der Waals surface area (Å²) in [6.45, 7) is 2.06. The van der Waals surface area contributed by atoms with Crippen LogP contribution in [0.25, 0.3) is 0 Å². The standard InChI is InChI=1S/C22H37N5O12/c1-4-12(21(36)27-13(20(23)35)5-6-16(32)24-10(2)22(37)38)26-17(33)9-39-19(18(34)15(31)8-29)14(7-28)25-11(3)30/h7,10,12-15,18-19,29,31,34H,4-6,8-9H2,1-3H3,(H2,23,35)(H,24,32)(H,25,30)(H,26,33)(H,27,36)(H,37,38)/t10?,12?,13?,14-,15+,18+,19+/m0/s1. The van der Waals surface area contributed by atoms with Crippen LogP contribution in [0, 0.1) is 0 Å². The Kier molecular flexibility index (Phi) is 16.1. The minimum atomic E-state index is -1.89. The van der Waals surface area contributed by atoms with Crippen LogP contribution >= 0.6 is 0 Å². The van der Waals surface area contributed by atoms with Gasteiger partial charge in [-0.1, -0.05) is 6.92 Å². The molecule has 0 aromatic rings. The second kappa shape index (κ2) is 17.8. The molecule has 17 nitrogen and oxygen atoms in total. The van der Waals surface area contributed by atoms with Crippen molar-refractivity contribution in [3.63, 3.8) is 0 Å². The summed E-state index contributed by atoms with van der Waals surface area (Å²) in [6.07, 6.45) is -5.68. The molecule has 0 saturated heterocycles. The lowest BCUT2D eigenvalue weighted by Crippen LogP contribution is -2.56. The summed E-state index contributed by atoms with van der Waals surface area (Å²) >= 11 is 0. The van der Waals surface area contributed by atoms with Gasteiger partial charge in [0.2, 0.25) is 29.5 Å². The highest BCUT2D eigenvalue weighted by molar-refractivity contribution is 5.92. The monoisotopic (exact) mass is 563 g/mol. The van der Waals surface area contributed by atoms with Gasteiger partial charge in [0, 0.05) is 13.3 Å². The van der Waals surface area contributed by atoms with Gasteiger partial charge in [-0.05, 0) is 19.8 Å². The average Bonchev–Trinajstić information content (AvgIpc) is 2.87. The van der Waals surface area contributed by atoms with Gasteiger partial charge in [0.1, 0.15) is 55.4 Å². The lowest BCUT2D eigenvalue weighted by Gasteiger charge is -2.30. The predicted octanol–water partition coefficient (Wildman–Crippen LogP) is -4.98. The van der Waals surface area contributed by atoms with E-state index in [0.717, 1.165) is 6.92 Å². The van der Waals surface area contributed by atoms with Crippen molar-refractivity contribution in [2.24, 2.45) is 5.73 Å². The third-order valence-corrected chi connectivity index (χ3v) is 5.32. The Morgan fingerprint density at radius 1 is 0.974 bits per heavy atom. The summed E-state index contributed by atoms with van der Waals surface area (Å²) in [5, 5.41) is 46.8. The first-order valence-corrected chi connectivity index (χ1v) is 11.9. The molecule has 7 atom stereocenters. The first-order chi connectivity index (χ1) is 18.2. The molecule has 3 unspecified atom stereocenters. The minimum Gasteiger partial charge on any atom is -0.480 e. The Hall–Kier alpha value is -3.67. The number of aliphatic carboxylic acids is 1. The predicted molar refractivity (Wildman–Crippen MR) is 130 cm³/mol. The van der Waals surface area contributed by atoms with E-state index in [1.807, 2.05) is 0 Å². The summed E-state index contributed by atoms with van der Waals surface area (Å²) in [4.78, 5) is 82.3. The van der Waals surface area contributed by atoms with Crippen molar-refractivity contribution in [3.05, 3.63) is 0 Å². The molecule has 0 rings (SSSR count). The van der Waals surface area contributed by atoms with Crippen LogP contribution in [0.1, 0.15) is 40.0 Å². The normalized spacial score (nSPS) is 16.3. The summed E-state index contributed by atoms with van der Waals surface area (Å²) in [6, 6.07) is -5.21. The number of hydrogen-bond donors (Lipinski definition) is 9. The number of amides is 5. The quantitative estimate of drug-likeness (QED) is 0.0668. The lowest BCUT2D eigenvalue weighted by molar-refractivity contribution is -0.146. The van der Waals surface area contributed by atoms with Crippen LogP contribution < -0.4 is 27.0 Å². The Bertz CT molecular complexity index is 885. The summed E-state index contributed by atoms with van der Waals surface area (Å²) in [7, 11) is 0. The maximum absolute atomic E-state index is 12.6. The van der Waals surface area contributed by atoms with Crippen LogP contribution in [0.15, 0.2) is 0 Å². The van der Waals surface area contributed by atoms with Gasteiger partial charge < -0.3 is 57.0 Å². The van der Waals surface area contributed by atoms with Gasteiger partial charge in [-0.25, -0.2) is 0 Å². The first-order valence-electron chi connectivity index (χ1n) is 11.9. The molecule has 0 aliphatic carbocycles. The van der Waals surface area contributed by atoms with Gasteiger partial charge in [0.15, 0.2) is 0 Å². The zero-order valence-corrected chi connectivity index (χ0v) is 21.8. The molecule has 0 fully saturated rings. The van der Waals surface area contributed by atoms with Crippen molar-refractivity contribution in [2.75, 3.05) is 13.2 Å². The number of aliphatic hydroxyl groups is 3. The zero-order valence-electron chi connectivity index (χ0n) is 21.8. The molecule has 0 radical (unpaired) electrons. The number of nitrogens with one attached hydrogen (secondary N) is 4. The molecule has 0 aromatic carbocycles. The van der Waals surface area contributed by atoms with Gasteiger partial charge in [-0.15, -0.1) is 0 Å². The molecule has 5 amide bonds. The van der Waals surface area contributed by atoms with Crippen LogP contribution in [0.4, 0.5) is 0 Å². The van der Waals surface area contributed by atoms with Crippen molar-refractivity contribution in [1.82, 2.24) is 21.3 Å². The molecule has 0 aliphatic rings. The summed E-state index contributed by atoms with van der Waals surface area (Å²) in [5.41, 5.74) is 5.28. The number of nitrogens with two attached hydrogens (primary N) is 1. The topological polar surface area (TPSA) is 284 Å². The van der Waals surface area contributed by atoms with Gasteiger partial charge in [-0.2, -0.15) is 0 Å². The molecule has 0 aliphatic heterocycles. The smallest absolute Gasteiger partial charge is 0.325 e. The number of carbonyl (C=O) groups excluding carboxylic acids is 6. The molecule has 39 heavy (non-hydrogen) atoms. The van der Waals surface area contributed by atoms with Crippen LogP contribution in [0.3, 0.4) is 0 Å². The van der Waals surface area contributed by atoms with Crippen molar-refractivity contribution < 1.29 is 58.7 Å². The van der Waals surface area contributed by atoms with E-state index in [9.17, 15) is 43.8 Å². The van der Waals surface area contributed by atoms with Gasteiger partial charge in [0.25, 0.3) is 0 Å². The van der Waals surface area contributed by atoms with Crippen LogP contribution in [-0.2, 0) is 38.3 Å². The lowest BCUT2D eigenvalue weighted by atomic mass is 10.0. The maximum atomic E-state index is 12.6. The molecular weight excluding hydrogens is 526 g/mol. The third-order valence-electron chi connectivity index (χ3n) is 5.32. The van der Waals surface area contributed by atoms with Crippen LogP contribution in [0.5, 0.6) is 0 Å². The number of carboxylic acid groups (broad SMARTS) is 1. The number of aliphatic hydroxyl groups excluding tert-OH is 3. The second-order valence-corrected chi connectivity index (χ2v) is 8.54. The number of hydrogen-bond acceptors (Lipinski definition) is 11. The first kappa shape index (κ1) is 35.3. The summed E-state index contributed by atoms with van der Waals surface area (Å²) in [5.74, 6) is -5.39. The average molecular weight is 564 g/mol. The van der Waals surface area contributed by atoms with Crippen molar-refractivity contribution >= 4 is 41.8 Å². The highest BCUT2D eigenvalue weighted by Crippen LogP contribution is 2.10. The van der Waals surface area contributed by atoms with E-state index in [0.29, 0.717) is 0 Å². The highest BCUT2D eigenvalue weighted by Gasteiger charge is 2.35. The molecule has 0 saturated carbocycles. The molecule has 0 heterocycles. The van der Waals surface area contributed by atoms with E-state index in [2.05, 4.69) is 21.3 Å². The fraction of sp³-hybridized carbons (Fsp3) is 0.682. The van der Waals surface area contributed by atoms with Crippen molar-refractivity contribution in [1.29, 1.82) is 0 Å². The van der Waals surface area contributed by atoms with Gasteiger partial charge >= 0.3 is 5.97 Å². The SMILES string of the molecule is CCC(NC(=O)CO[C@@H]([C@H](O)[C@H](O)CO)[C@H](C=O)NC(C)=O)C(=O)NC(CCC(=O)NC(C)C(=O)O)C(N)=O. The molecule has 0 aromatic heterocycles. The number of carbonyl (C=O) groups is 7. The van der Waals surface area contributed by atoms with Gasteiger partial charge in [0.05, 0.1) is 6.61 Å². The molecular formula is C22H37N5O12. The minimum absolute atomic E-state index is 0.0256. The zero-order chi connectivity index (χ0) is 30.3. The van der Waals surface area contributed by atoms with Crippen molar-refractivity contribution in [2.45, 2.75) is 82.5 Å². The Labute approximate surface area is 223 Å².